The van der Waals surface area contributed by atoms with Crippen LogP contribution in [0.25, 0.3) is 22.0 Å². The van der Waals surface area contributed by atoms with E-state index in [1.165, 1.54) is 29.4 Å². The molecule has 2 aliphatic heterocycles. The zero-order chi connectivity index (χ0) is 27.1. The predicted molar refractivity (Wildman–Crippen MR) is 143 cm³/mol. The number of benzene rings is 2. The average molecular weight is 534 g/mol. The van der Waals surface area contributed by atoms with Gasteiger partial charge in [0.05, 0.1) is 17.7 Å². The highest BCUT2D eigenvalue weighted by atomic mass is 19.1. The molecule has 2 fully saturated rings. The Bertz CT molecular complexity index is 1530. The molecule has 9 nitrogen and oxygen atoms in total. The number of piperazine rings is 1. The minimum Gasteiger partial charge on any atom is -0.356 e. The highest BCUT2D eigenvalue weighted by molar-refractivity contribution is 6.00. The molecule has 0 bridgehead atoms. The largest absolute Gasteiger partial charge is 0.356 e. The first-order chi connectivity index (χ1) is 18.9. The van der Waals surface area contributed by atoms with Gasteiger partial charge in [-0.15, -0.1) is 0 Å². The Kier molecular flexibility index (Phi) is 6.68. The number of anilines is 2. The zero-order valence-corrected chi connectivity index (χ0v) is 21.8. The molecular weight excluding hydrogens is 504 g/mol. The van der Waals surface area contributed by atoms with E-state index in [2.05, 4.69) is 30.3 Å². The SMILES string of the molecule is CC(C)c1nc(C2CCN(c3ncnc4c(-c5ccc(N6CCNCC6=O)c(F)c5)cc(F)cc34)CC2)no1. The molecule has 0 atom stereocenters. The second kappa shape index (κ2) is 10.3. The van der Waals surface area contributed by atoms with Crippen molar-refractivity contribution < 1.29 is 18.1 Å². The summed E-state index contributed by atoms with van der Waals surface area (Å²) in [5.74, 6) is 1.17. The van der Waals surface area contributed by atoms with Crippen molar-refractivity contribution in [3.8, 4) is 11.1 Å². The maximum atomic E-state index is 15.2. The van der Waals surface area contributed by atoms with Gasteiger partial charge in [0.1, 0.15) is 23.8 Å². The Hall–Kier alpha value is -3.99. The molecule has 0 saturated carbocycles. The first-order valence-corrected chi connectivity index (χ1v) is 13.2. The third-order valence-corrected chi connectivity index (χ3v) is 7.43. The maximum Gasteiger partial charge on any atom is 0.241 e. The van der Waals surface area contributed by atoms with Crippen LogP contribution in [0.2, 0.25) is 0 Å². The molecule has 4 aromatic rings. The summed E-state index contributed by atoms with van der Waals surface area (Å²) in [6.07, 6.45) is 3.08. The van der Waals surface area contributed by atoms with E-state index in [4.69, 9.17) is 4.52 Å². The predicted octanol–water partition coefficient (Wildman–Crippen LogP) is 4.40. The van der Waals surface area contributed by atoms with Crippen LogP contribution in [-0.2, 0) is 4.79 Å². The van der Waals surface area contributed by atoms with Crippen molar-refractivity contribution in [3.63, 3.8) is 0 Å². The lowest BCUT2D eigenvalue weighted by molar-refractivity contribution is -0.118. The van der Waals surface area contributed by atoms with Gasteiger partial charge >= 0.3 is 0 Å². The van der Waals surface area contributed by atoms with Crippen LogP contribution in [-0.4, -0.2) is 58.7 Å². The van der Waals surface area contributed by atoms with Crippen molar-refractivity contribution in [1.82, 2.24) is 25.4 Å². The Balaban J connectivity index is 1.29. The van der Waals surface area contributed by atoms with Gasteiger partial charge in [0.2, 0.25) is 11.8 Å². The van der Waals surface area contributed by atoms with Crippen molar-refractivity contribution >= 4 is 28.3 Å². The molecule has 2 aliphatic rings. The van der Waals surface area contributed by atoms with E-state index in [1.807, 2.05) is 13.8 Å². The fraction of sp³-hybridized carbons (Fsp3) is 0.393. The topological polar surface area (TPSA) is 100 Å². The molecule has 2 aromatic carbocycles. The van der Waals surface area contributed by atoms with Crippen LogP contribution in [0.5, 0.6) is 0 Å². The number of nitrogens with one attached hydrogen (secondary N) is 1. The second-order valence-corrected chi connectivity index (χ2v) is 10.3. The summed E-state index contributed by atoms with van der Waals surface area (Å²) in [7, 11) is 0. The molecule has 0 spiro atoms. The summed E-state index contributed by atoms with van der Waals surface area (Å²) in [6, 6.07) is 7.39. The molecule has 0 radical (unpaired) electrons. The maximum absolute atomic E-state index is 15.2. The van der Waals surface area contributed by atoms with E-state index in [1.54, 1.807) is 12.1 Å². The molecular formula is C28H29F2N7O2. The number of rotatable bonds is 5. The van der Waals surface area contributed by atoms with Gasteiger partial charge in [-0.1, -0.05) is 25.1 Å². The number of carbonyl (C=O) groups excluding carboxylic acids is 1. The van der Waals surface area contributed by atoms with Gasteiger partial charge < -0.3 is 19.6 Å². The molecule has 6 rings (SSSR count). The van der Waals surface area contributed by atoms with Crippen LogP contribution in [0, 0.1) is 11.6 Å². The average Bonchev–Trinajstić information content (AvgIpc) is 3.44. The molecule has 2 aromatic heterocycles. The lowest BCUT2D eigenvalue weighted by atomic mass is 9.95. The van der Waals surface area contributed by atoms with Crippen molar-refractivity contribution in [2.45, 2.75) is 38.5 Å². The van der Waals surface area contributed by atoms with Gasteiger partial charge in [-0.05, 0) is 42.7 Å². The minimum atomic E-state index is -0.543. The van der Waals surface area contributed by atoms with Crippen molar-refractivity contribution in [3.05, 3.63) is 60.0 Å². The number of hydrogen-bond acceptors (Lipinski definition) is 8. The van der Waals surface area contributed by atoms with Crippen LogP contribution < -0.4 is 15.1 Å². The van der Waals surface area contributed by atoms with Gasteiger partial charge in [0.25, 0.3) is 0 Å². The smallest absolute Gasteiger partial charge is 0.241 e. The van der Waals surface area contributed by atoms with E-state index < -0.39 is 11.6 Å². The second-order valence-electron chi connectivity index (χ2n) is 10.3. The number of amides is 1. The molecule has 39 heavy (non-hydrogen) atoms. The van der Waals surface area contributed by atoms with E-state index in [0.717, 1.165) is 18.7 Å². The van der Waals surface area contributed by atoms with Crippen LogP contribution >= 0.6 is 0 Å². The molecule has 11 heteroatoms. The van der Waals surface area contributed by atoms with Crippen molar-refractivity contribution in [2.24, 2.45) is 0 Å². The first kappa shape index (κ1) is 25.3. The fourth-order valence-corrected chi connectivity index (χ4v) is 5.34. The lowest BCUT2D eigenvalue weighted by Crippen LogP contribution is -2.48. The van der Waals surface area contributed by atoms with E-state index in [0.29, 0.717) is 59.9 Å². The molecule has 0 unspecified atom stereocenters. The number of halogens is 2. The number of piperidine rings is 1. The fourth-order valence-electron chi connectivity index (χ4n) is 5.34. The Morgan fingerprint density at radius 1 is 1.08 bits per heavy atom. The Morgan fingerprint density at radius 3 is 2.62 bits per heavy atom. The Morgan fingerprint density at radius 2 is 1.90 bits per heavy atom. The van der Waals surface area contributed by atoms with Crippen molar-refractivity contribution in [1.29, 1.82) is 0 Å². The summed E-state index contributed by atoms with van der Waals surface area (Å²) in [5.41, 5.74) is 1.69. The van der Waals surface area contributed by atoms with Crippen LogP contribution in [0.15, 0.2) is 41.2 Å². The molecule has 1 N–H and O–H groups in total. The van der Waals surface area contributed by atoms with Crippen LogP contribution in [0.4, 0.5) is 20.3 Å². The molecule has 4 heterocycles. The number of fused-ring (bicyclic) bond motifs is 1. The Labute approximate surface area is 224 Å². The van der Waals surface area contributed by atoms with Crippen LogP contribution in [0.1, 0.15) is 50.2 Å². The third-order valence-electron chi connectivity index (χ3n) is 7.43. The van der Waals surface area contributed by atoms with Gasteiger partial charge in [0.15, 0.2) is 5.82 Å². The van der Waals surface area contributed by atoms with E-state index in [9.17, 15) is 9.18 Å². The lowest BCUT2D eigenvalue weighted by Gasteiger charge is -2.32. The standard InChI is InChI=1S/C28H29F2N7O2/c1-16(2)28-34-26(35-39-28)17-5-8-36(9-6-17)27-21-13-19(29)12-20(25(21)32-15-33-27)18-3-4-23(22(30)11-18)37-10-7-31-14-24(37)38/h3-4,11-13,15-17,31H,5-10,14H2,1-2H3. The quantitative estimate of drug-likeness (QED) is 0.403. The van der Waals surface area contributed by atoms with Gasteiger partial charge in [-0.25, -0.2) is 18.7 Å². The molecule has 202 valence electrons. The minimum absolute atomic E-state index is 0.167. The summed E-state index contributed by atoms with van der Waals surface area (Å²) in [6.45, 7) is 6.56. The number of aromatic nitrogens is 4. The molecule has 0 aliphatic carbocycles. The third kappa shape index (κ3) is 4.82. The summed E-state index contributed by atoms with van der Waals surface area (Å²) in [5, 5.41) is 7.72. The molecule has 1 amide bonds. The van der Waals surface area contributed by atoms with Crippen LogP contribution in [0.3, 0.4) is 0 Å². The normalized spacial score (nSPS) is 17.0. The van der Waals surface area contributed by atoms with Gasteiger partial charge in [-0.3, -0.25) is 4.79 Å². The van der Waals surface area contributed by atoms with E-state index in [-0.39, 0.29) is 30.0 Å². The zero-order valence-electron chi connectivity index (χ0n) is 21.8. The molecule has 2 saturated heterocycles. The highest BCUT2D eigenvalue weighted by Gasteiger charge is 2.28. The number of nitrogens with zero attached hydrogens (tertiary/aromatic N) is 6. The van der Waals surface area contributed by atoms with E-state index >= 15 is 4.39 Å². The summed E-state index contributed by atoms with van der Waals surface area (Å²) in [4.78, 5) is 29.3. The highest BCUT2D eigenvalue weighted by Crippen LogP contribution is 2.36. The first-order valence-electron chi connectivity index (χ1n) is 13.2. The van der Waals surface area contributed by atoms with Gasteiger partial charge in [0, 0.05) is 49.0 Å². The van der Waals surface area contributed by atoms with Gasteiger partial charge in [-0.2, -0.15) is 4.98 Å². The number of hydrogen-bond donors (Lipinski definition) is 1. The number of carbonyl (C=O) groups is 1. The van der Waals surface area contributed by atoms with Crippen molar-refractivity contribution in [2.75, 3.05) is 42.5 Å². The summed E-state index contributed by atoms with van der Waals surface area (Å²) >= 11 is 0. The summed E-state index contributed by atoms with van der Waals surface area (Å²) < 4.78 is 35.6. The monoisotopic (exact) mass is 533 g/mol.